The van der Waals surface area contributed by atoms with Gasteiger partial charge in [-0.15, -0.1) is 0 Å². The van der Waals surface area contributed by atoms with Crippen LogP contribution >= 0.6 is 0 Å². The van der Waals surface area contributed by atoms with Crippen molar-refractivity contribution in [3.05, 3.63) is 29.5 Å². The van der Waals surface area contributed by atoms with E-state index in [-0.39, 0.29) is 11.8 Å². The van der Waals surface area contributed by atoms with Crippen LogP contribution in [0, 0.1) is 0 Å². The summed E-state index contributed by atoms with van der Waals surface area (Å²) in [6, 6.07) is 5.39. The van der Waals surface area contributed by atoms with Crippen molar-refractivity contribution in [3.63, 3.8) is 0 Å². The molecule has 0 atom stereocenters. The second-order valence-corrected chi connectivity index (χ2v) is 6.96. The lowest BCUT2D eigenvalue weighted by Gasteiger charge is -2.29. The number of nitrogens with zero attached hydrogens (tertiary/aromatic N) is 2. The Hall–Kier alpha value is -2.50. The molecule has 0 saturated carbocycles. The Labute approximate surface area is 160 Å². The van der Waals surface area contributed by atoms with Crippen LogP contribution in [0.15, 0.2) is 23.9 Å². The minimum absolute atomic E-state index is 0.167. The highest BCUT2D eigenvalue weighted by Crippen LogP contribution is 2.37. The molecule has 2 heterocycles. The number of carbonyl (C=O) groups is 2. The van der Waals surface area contributed by atoms with Crippen molar-refractivity contribution in [1.82, 2.24) is 9.80 Å². The van der Waals surface area contributed by atoms with Gasteiger partial charge < -0.3 is 14.4 Å². The molecule has 0 unspecified atom stereocenters. The van der Waals surface area contributed by atoms with E-state index in [0.29, 0.717) is 34.9 Å². The fourth-order valence-corrected chi connectivity index (χ4v) is 3.75. The number of hydrogen-bond donors (Lipinski definition) is 0. The number of piperidine rings is 1. The molecule has 1 fully saturated rings. The number of amides is 2. The van der Waals surface area contributed by atoms with E-state index in [2.05, 4.69) is 11.8 Å². The van der Waals surface area contributed by atoms with Crippen molar-refractivity contribution in [3.8, 4) is 11.5 Å². The van der Waals surface area contributed by atoms with E-state index in [4.69, 9.17) is 9.47 Å². The SMILES string of the molecule is CCCCN1C(=O)C(c2ccc(OC)c(OC)c2)=C(N2CCCCC2)C1=O. The molecule has 2 aliphatic rings. The molecule has 27 heavy (non-hydrogen) atoms. The molecule has 146 valence electrons. The Morgan fingerprint density at radius 1 is 0.963 bits per heavy atom. The van der Waals surface area contributed by atoms with Crippen LogP contribution in [0.3, 0.4) is 0 Å². The first-order valence-electron chi connectivity index (χ1n) is 9.70. The number of likely N-dealkylation sites (tertiary alicyclic amines) is 1. The number of hydrogen-bond acceptors (Lipinski definition) is 5. The number of unbranched alkanes of at least 4 members (excludes halogenated alkanes) is 1. The molecule has 0 bridgehead atoms. The van der Waals surface area contributed by atoms with Crippen LogP contribution in [0.25, 0.3) is 5.57 Å². The lowest BCUT2D eigenvalue weighted by atomic mass is 10.0. The Morgan fingerprint density at radius 3 is 2.30 bits per heavy atom. The summed E-state index contributed by atoms with van der Waals surface area (Å²) in [6.45, 7) is 4.14. The fourth-order valence-electron chi connectivity index (χ4n) is 3.75. The molecule has 1 aromatic rings. The van der Waals surface area contributed by atoms with Crippen LogP contribution in [0.5, 0.6) is 11.5 Å². The molecule has 1 saturated heterocycles. The average Bonchev–Trinajstić information content (AvgIpc) is 2.96. The zero-order valence-electron chi connectivity index (χ0n) is 16.4. The molecule has 6 nitrogen and oxygen atoms in total. The van der Waals surface area contributed by atoms with Crippen LogP contribution in [0.4, 0.5) is 0 Å². The summed E-state index contributed by atoms with van der Waals surface area (Å²) in [6.07, 6.45) is 4.99. The first kappa shape index (κ1) is 19.3. The summed E-state index contributed by atoms with van der Waals surface area (Å²) in [5.74, 6) is 0.773. The fraction of sp³-hybridized carbons (Fsp3) is 0.524. The highest BCUT2D eigenvalue weighted by molar-refractivity contribution is 6.35. The highest BCUT2D eigenvalue weighted by atomic mass is 16.5. The molecule has 6 heteroatoms. The first-order valence-corrected chi connectivity index (χ1v) is 9.70. The Kier molecular flexibility index (Phi) is 6.04. The van der Waals surface area contributed by atoms with E-state index in [9.17, 15) is 9.59 Å². The van der Waals surface area contributed by atoms with Crippen molar-refractivity contribution >= 4 is 17.4 Å². The summed E-state index contributed by atoms with van der Waals surface area (Å²) in [7, 11) is 3.14. The molecular weight excluding hydrogens is 344 g/mol. The third kappa shape index (κ3) is 3.66. The van der Waals surface area contributed by atoms with Gasteiger partial charge >= 0.3 is 0 Å². The Balaban J connectivity index is 2.06. The lowest BCUT2D eigenvalue weighted by Crippen LogP contribution is -2.37. The second kappa shape index (κ2) is 8.46. The van der Waals surface area contributed by atoms with E-state index in [1.165, 1.54) is 4.90 Å². The summed E-state index contributed by atoms with van der Waals surface area (Å²) in [5, 5.41) is 0. The summed E-state index contributed by atoms with van der Waals surface area (Å²) in [5.41, 5.74) is 1.73. The maximum absolute atomic E-state index is 13.2. The molecule has 0 radical (unpaired) electrons. The van der Waals surface area contributed by atoms with Gasteiger partial charge in [0.1, 0.15) is 5.70 Å². The van der Waals surface area contributed by atoms with E-state index < -0.39 is 0 Å². The predicted octanol–water partition coefficient (Wildman–Crippen LogP) is 3.07. The van der Waals surface area contributed by atoms with Gasteiger partial charge in [-0.25, -0.2) is 0 Å². The van der Waals surface area contributed by atoms with E-state index in [1.54, 1.807) is 26.4 Å². The molecule has 2 amide bonds. The molecule has 1 aromatic carbocycles. The molecular formula is C21H28N2O4. The maximum Gasteiger partial charge on any atom is 0.277 e. The van der Waals surface area contributed by atoms with Crippen LogP contribution in [0.2, 0.25) is 0 Å². The third-order valence-electron chi connectivity index (χ3n) is 5.22. The minimum Gasteiger partial charge on any atom is -0.493 e. The average molecular weight is 372 g/mol. The van der Waals surface area contributed by atoms with Crippen LogP contribution in [-0.4, -0.2) is 55.5 Å². The van der Waals surface area contributed by atoms with E-state index in [0.717, 1.165) is 45.2 Å². The standard InChI is InChI=1S/C21H28N2O4/c1-4-5-13-23-20(24)18(15-9-10-16(26-2)17(14-15)27-3)19(21(23)25)22-11-7-6-8-12-22/h9-10,14H,4-8,11-13H2,1-3H3. The maximum atomic E-state index is 13.2. The van der Waals surface area contributed by atoms with Gasteiger partial charge in [-0.3, -0.25) is 14.5 Å². The topological polar surface area (TPSA) is 59.1 Å². The van der Waals surface area contributed by atoms with Crippen molar-refractivity contribution in [2.24, 2.45) is 0 Å². The zero-order chi connectivity index (χ0) is 19.4. The molecule has 3 rings (SSSR count). The van der Waals surface area contributed by atoms with Gasteiger partial charge in [-0.2, -0.15) is 0 Å². The Bertz CT molecular complexity index is 751. The summed E-state index contributed by atoms with van der Waals surface area (Å²) >= 11 is 0. The third-order valence-corrected chi connectivity index (χ3v) is 5.22. The lowest BCUT2D eigenvalue weighted by molar-refractivity contribution is -0.137. The number of rotatable bonds is 7. The number of imide groups is 1. The molecule has 2 aliphatic heterocycles. The van der Waals surface area contributed by atoms with Gasteiger partial charge in [0.05, 0.1) is 19.8 Å². The monoisotopic (exact) mass is 372 g/mol. The zero-order valence-corrected chi connectivity index (χ0v) is 16.4. The van der Waals surface area contributed by atoms with Crippen molar-refractivity contribution in [2.45, 2.75) is 39.0 Å². The predicted molar refractivity (Wildman–Crippen MR) is 104 cm³/mol. The van der Waals surface area contributed by atoms with Gasteiger partial charge in [0.15, 0.2) is 11.5 Å². The van der Waals surface area contributed by atoms with Crippen molar-refractivity contribution in [1.29, 1.82) is 0 Å². The summed E-state index contributed by atoms with van der Waals surface area (Å²) in [4.78, 5) is 29.8. The molecule has 0 N–H and O–H groups in total. The van der Waals surface area contributed by atoms with E-state index >= 15 is 0 Å². The van der Waals surface area contributed by atoms with Gasteiger partial charge in [-0.05, 0) is 43.4 Å². The van der Waals surface area contributed by atoms with Crippen LogP contribution < -0.4 is 9.47 Å². The van der Waals surface area contributed by atoms with Crippen LogP contribution in [0.1, 0.15) is 44.6 Å². The van der Waals surface area contributed by atoms with Gasteiger partial charge in [-0.1, -0.05) is 19.4 Å². The summed E-state index contributed by atoms with van der Waals surface area (Å²) < 4.78 is 10.7. The Morgan fingerprint density at radius 2 is 1.67 bits per heavy atom. The molecule has 0 spiro atoms. The van der Waals surface area contributed by atoms with Crippen molar-refractivity contribution in [2.75, 3.05) is 33.9 Å². The largest absolute Gasteiger partial charge is 0.493 e. The van der Waals surface area contributed by atoms with Crippen molar-refractivity contribution < 1.29 is 19.1 Å². The van der Waals surface area contributed by atoms with E-state index in [1.807, 2.05) is 6.07 Å². The first-order chi connectivity index (χ1) is 13.1. The minimum atomic E-state index is -0.207. The van der Waals surface area contributed by atoms with Gasteiger partial charge in [0.25, 0.3) is 11.8 Å². The number of ether oxygens (including phenoxy) is 2. The van der Waals surface area contributed by atoms with Gasteiger partial charge in [0.2, 0.25) is 0 Å². The quantitative estimate of drug-likeness (QED) is 0.689. The second-order valence-electron chi connectivity index (χ2n) is 6.96. The highest BCUT2D eigenvalue weighted by Gasteiger charge is 2.41. The molecule has 0 aliphatic carbocycles. The number of carbonyl (C=O) groups excluding carboxylic acids is 2. The smallest absolute Gasteiger partial charge is 0.277 e. The van der Waals surface area contributed by atoms with Crippen LogP contribution in [-0.2, 0) is 9.59 Å². The number of benzene rings is 1. The van der Waals surface area contributed by atoms with Gasteiger partial charge in [0, 0.05) is 19.6 Å². The molecule has 0 aromatic heterocycles. The number of methoxy groups -OCH3 is 2. The normalized spacial score (nSPS) is 17.7.